The molecule has 2 aliphatic rings. The van der Waals surface area contributed by atoms with Crippen LogP contribution in [-0.4, -0.2) is 0 Å². The molecule has 4 nitrogen and oxygen atoms in total. The van der Waals surface area contributed by atoms with Crippen molar-refractivity contribution in [3.8, 4) is 22.3 Å². The van der Waals surface area contributed by atoms with Crippen molar-refractivity contribution in [2.24, 2.45) is 0 Å². The average Bonchev–Trinajstić information content (AvgIpc) is 4.09. The summed E-state index contributed by atoms with van der Waals surface area (Å²) in [6, 6.07) is 79.8. The van der Waals surface area contributed by atoms with Crippen molar-refractivity contribution in [3.05, 3.63) is 241 Å². The molecule has 11 aromatic carbocycles. The van der Waals surface area contributed by atoms with E-state index in [4.69, 9.17) is 8.83 Å². The Kier molecular flexibility index (Phi) is 8.44. The molecule has 0 amide bonds. The van der Waals surface area contributed by atoms with Crippen LogP contribution in [0.1, 0.15) is 49.9 Å². The molecule has 0 spiro atoms. The van der Waals surface area contributed by atoms with E-state index in [1.165, 1.54) is 44.5 Å². The Morgan fingerprint density at radius 2 is 0.653 bits per heavy atom. The summed E-state index contributed by atoms with van der Waals surface area (Å²) >= 11 is 0. The topological polar surface area (TPSA) is 32.8 Å². The van der Waals surface area contributed by atoms with E-state index < -0.39 is 0 Å². The molecule has 0 atom stereocenters. The highest BCUT2D eigenvalue weighted by Gasteiger charge is 2.37. The van der Waals surface area contributed by atoms with Crippen LogP contribution in [0.5, 0.6) is 0 Å². The van der Waals surface area contributed by atoms with E-state index in [0.717, 1.165) is 99.5 Å². The zero-order chi connectivity index (χ0) is 48.0. The standard InChI is InChI=1S/C68H48N2O2/c1-67(2)57-21-13-11-19-51(57)53-39-49(27-29-59(53)67)69(45-15-7-5-8-16-45)47-25-23-41-35-55-63(37-43(41)33-47)71-61-31-32-62-66(65(55)61)56-36-42-24-26-48(34-44(42)38-64(56)72-62)70(46-17-9-6-10-18-46)50-28-30-60-54(40-50)52-20-12-14-22-58(52)68(60,3)4/h5-40H,1-4H3. The fraction of sp³-hybridized carbons (Fsp3) is 0.0882. The van der Waals surface area contributed by atoms with Crippen molar-refractivity contribution in [1.82, 2.24) is 0 Å². The third-order valence-corrected chi connectivity index (χ3v) is 16.1. The summed E-state index contributed by atoms with van der Waals surface area (Å²) in [4.78, 5) is 4.74. The van der Waals surface area contributed by atoms with Gasteiger partial charge in [-0.05, 0) is 175 Å². The van der Waals surface area contributed by atoms with E-state index in [1.807, 2.05) is 0 Å². The van der Waals surface area contributed by atoms with Gasteiger partial charge in [-0.2, -0.15) is 0 Å². The van der Waals surface area contributed by atoms with Crippen molar-refractivity contribution in [2.45, 2.75) is 38.5 Å². The number of fused-ring (bicyclic) bond motifs is 15. The van der Waals surface area contributed by atoms with Crippen molar-refractivity contribution in [3.63, 3.8) is 0 Å². The third kappa shape index (κ3) is 5.87. The van der Waals surface area contributed by atoms with Gasteiger partial charge in [-0.3, -0.25) is 0 Å². The number of anilines is 6. The maximum Gasteiger partial charge on any atom is 0.136 e. The number of furan rings is 2. The smallest absolute Gasteiger partial charge is 0.136 e. The fourth-order valence-electron chi connectivity index (χ4n) is 12.6. The highest BCUT2D eigenvalue weighted by molar-refractivity contribution is 6.28. The summed E-state index contributed by atoms with van der Waals surface area (Å²) in [7, 11) is 0. The second-order valence-electron chi connectivity index (χ2n) is 20.9. The molecule has 0 saturated carbocycles. The molecule has 0 aliphatic heterocycles. The first-order valence-corrected chi connectivity index (χ1v) is 25.1. The van der Waals surface area contributed by atoms with Crippen LogP contribution < -0.4 is 9.80 Å². The van der Waals surface area contributed by atoms with Gasteiger partial charge in [-0.15, -0.1) is 0 Å². The number of nitrogens with zero attached hydrogens (tertiary/aromatic N) is 2. The van der Waals surface area contributed by atoms with Crippen molar-refractivity contribution in [1.29, 1.82) is 0 Å². The van der Waals surface area contributed by atoms with E-state index in [0.29, 0.717) is 0 Å². The molecule has 15 rings (SSSR count). The first kappa shape index (κ1) is 41.0. The summed E-state index contributed by atoms with van der Waals surface area (Å²) in [6.45, 7) is 9.34. The van der Waals surface area contributed by atoms with E-state index >= 15 is 0 Å². The molecular formula is C68H48N2O2. The maximum atomic E-state index is 6.77. The van der Waals surface area contributed by atoms with Crippen LogP contribution in [0.3, 0.4) is 0 Å². The lowest BCUT2D eigenvalue weighted by molar-refractivity contribution is 0.660. The van der Waals surface area contributed by atoms with E-state index in [2.05, 4.69) is 256 Å². The largest absolute Gasteiger partial charge is 0.456 e. The SMILES string of the molecule is CC1(C)c2ccccc2-c2cc(N(c3ccccc3)c3ccc4cc5c(cc4c3)oc3ccc4oc6cc7cc(N(c8ccccc8)c8ccc9c(c8)-c8ccccc8C9(C)C)ccc7cc6c4c35)ccc21. The lowest BCUT2D eigenvalue weighted by atomic mass is 9.82. The maximum absolute atomic E-state index is 6.77. The molecule has 0 bridgehead atoms. The van der Waals surface area contributed by atoms with Crippen LogP contribution in [0, 0.1) is 0 Å². The van der Waals surface area contributed by atoms with Gasteiger partial charge < -0.3 is 18.6 Å². The summed E-state index contributed by atoms with van der Waals surface area (Å²) < 4.78 is 13.5. The van der Waals surface area contributed by atoms with Crippen LogP contribution in [0.2, 0.25) is 0 Å². The monoisotopic (exact) mass is 924 g/mol. The van der Waals surface area contributed by atoms with Crippen LogP contribution >= 0.6 is 0 Å². The predicted octanol–water partition coefficient (Wildman–Crippen LogP) is 19.3. The minimum atomic E-state index is -0.0589. The highest BCUT2D eigenvalue weighted by atomic mass is 16.3. The van der Waals surface area contributed by atoms with Crippen LogP contribution in [0.4, 0.5) is 34.1 Å². The van der Waals surface area contributed by atoms with Crippen molar-refractivity contribution < 1.29 is 8.83 Å². The molecule has 0 saturated heterocycles. The number of benzene rings is 11. The van der Waals surface area contributed by atoms with E-state index in [-0.39, 0.29) is 10.8 Å². The van der Waals surface area contributed by atoms with Gasteiger partial charge in [0, 0.05) is 66.5 Å². The summed E-state index contributed by atoms with van der Waals surface area (Å²) in [5.41, 5.74) is 20.6. The van der Waals surface area contributed by atoms with Crippen molar-refractivity contribution >= 4 is 99.5 Å². The van der Waals surface area contributed by atoms with E-state index in [9.17, 15) is 0 Å². The number of hydrogen-bond acceptors (Lipinski definition) is 4. The zero-order valence-electron chi connectivity index (χ0n) is 40.5. The Hall–Kier alpha value is -8.86. The lowest BCUT2D eigenvalue weighted by Crippen LogP contribution is -2.15. The van der Waals surface area contributed by atoms with Gasteiger partial charge in [0.05, 0.1) is 0 Å². The molecule has 0 N–H and O–H groups in total. The van der Waals surface area contributed by atoms with Gasteiger partial charge in [0.1, 0.15) is 22.3 Å². The van der Waals surface area contributed by atoms with Crippen LogP contribution in [0.15, 0.2) is 227 Å². The Bertz CT molecular complexity index is 4120. The number of para-hydroxylation sites is 2. The Labute approximate surface area is 417 Å². The second-order valence-corrected chi connectivity index (χ2v) is 20.9. The lowest BCUT2D eigenvalue weighted by Gasteiger charge is -2.27. The molecule has 0 radical (unpaired) electrons. The van der Waals surface area contributed by atoms with Gasteiger partial charge in [0.2, 0.25) is 0 Å². The number of hydrogen-bond donors (Lipinski definition) is 0. The summed E-state index contributed by atoms with van der Waals surface area (Å²) in [5, 5.41) is 8.82. The summed E-state index contributed by atoms with van der Waals surface area (Å²) in [5.74, 6) is 0. The Balaban J connectivity index is 0.836. The molecule has 72 heavy (non-hydrogen) atoms. The molecule has 0 fully saturated rings. The van der Waals surface area contributed by atoms with Crippen molar-refractivity contribution in [2.75, 3.05) is 9.80 Å². The molecule has 2 aromatic heterocycles. The Morgan fingerprint density at radius 1 is 0.278 bits per heavy atom. The van der Waals surface area contributed by atoms with Gasteiger partial charge >= 0.3 is 0 Å². The first-order valence-electron chi connectivity index (χ1n) is 25.1. The van der Waals surface area contributed by atoms with Gasteiger partial charge in [-0.1, -0.05) is 137 Å². The molecule has 4 heteroatoms. The molecule has 13 aromatic rings. The normalized spacial score (nSPS) is 14.1. The molecule has 2 aliphatic carbocycles. The third-order valence-electron chi connectivity index (χ3n) is 16.1. The van der Waals surface area contributed by atoms with Gasteiger partial charge in [0.15, 0.2) is 0 Å². The predicted molar refractivity (Wildman–Crippen MR) is 301 cm³/mol. The molecule has 342 valence electrons. The van der Waals surface area contributed by atoms with Gasteiger partial charge in [-0.25, -0.2) is 0 Å². The first-order chi connectivity index (χ1) is 35.2. The molecular weight excluding hydrogens is 877 g/mol. The second kappa shape index (κ2) is 14.8. The zero-order valence-corrected chi connectivity index (χ0v) is 40.5. The minimum Gasteiger partial charge on any atom is -0.456 e. The van der Waals surface area contributed by atoms with Crippen LogP contribution in [0.25, 0.3) is 87.7 Å². The van der Waals surface area contributed by atoms with Crippen LogP contribution in [-0.2, 0) is 10.8 Å². The fourth-order valence-corrected chi connectivity index (χ4v) is 12.6. The Morgan fingerprint density at radius 3 is 1.10 bits per heavy atom. The number of rotatable bonds is 6. The molecule has 2 heterocycles. The van der Waals surface area contributed by atoms with Gasteiger partial charge in [0.25, 0.3) is 0 Å². The quantitative estimate of drug-likeness (QED) is 0.166. The van der Waals surface area contributed by atoms with E-state index in [1.54, 1.807) is 0 Å². The minimum absolute atomic E-state index is 0.0589. The summed E-state index contributed by atoms with van der Waals surface area (Å²) in [6.07, 6.45) is 0. The highest BCUT2D eigenvalue weighted by Crippen LogP contribution is 2.53. The average molecular weight is 925 g/mol. The molecule has 0 unspecified atom stereocenters.